The van der Waals surface area contributed by atoms with Crippen LogP contribution in [0.25, 0.3) is 0 Å². The predicted octanol–water partition coefficient (Wildman–Crippen LogP) is 7.31. The second-order valence-corrected chi connectivity index (χ2v) is 10.1. The Hall–Kier alpha value is -4.18. The molecule has 4 unspecified atom stereocenters. The minimum Gasteiger partial charge on any atom is -0.454 e. The van der Waals surface area contributed by atoms with Gasteiger partial charge in [0, 0.05) is 5.92 Å². The Morgan fingerprint density at radius 2 is 0.947 bits per heavy atom. The molecule has 4 heteroatoms. The smallest absolute Gasteiger partial charge is 0.338 e. The second kappa shape index (κ2) is 10.7. The van der Waals surface area contributed by atoms with Crippen molar-refractivity contribution in [3.8, 4) is 0 Å². The van der Waals surface area contributed by atoms with Crippen molar-refractivity contribution in [2.24, 2.45) is 0 Å². The maximum Gasteiger partial charge on any atom is 0.338 e. The van der Waals surface area contributed by atoms with Crippen molar-refractivity contribution in [1.29, 1.82) is 0 Å². The van der Waals surface area contributed by atoms with Crippen molar-refractivity contribution < 1.29 is 19.1 Å². The molecule has 0 N–H and O–H groups in total. The highest BCUT2D eigenvalue weighted by atomic mass is 16.6. The molecule has 192 valence electrons. The lowest BCUT2D eigenvalue weighted by Gasteiger charge is -2.42. The van der Waals surface area contributed by atoms with E-state index >= 15 is 0 Å². The van der Waals surface area contributed by atoms with Crippen LogP contribution in [-0.2, 0) is 9.47 Å². The van der Waals surface area contributed by atoms with Crippen LogP contribution in [0.1, 0.15) is 72.9 Å². The van der Waals surface area contributed by atoms with Gasteiger partial charge in [0.25, 0.3) is 0 Å². The fourth-order valence-corrected chi connectivity index (χ4v) is 5.60. The van der Waals surface area contributed by atoms with Gasteiger partial charge in [0.05, 0.1) is 17.0 Å². The van der Waals surface area contributed by atoms with E-state index in [0.29, 0.717) is 11.1 Å². The molecule has 5 rings (SSSR count). The third kappa shape index (κ3) is 4.74. The Labute approximate surface area is 224 Å². The molecule has 0 aliphatic heterocycles. The molecule has 0 saturated carbocycles. The van der Waals surface area contributed by atoms with Crippen LogP contribution >= 0.6 is 0 Å². The fourth-order valence-electron chi connectivity index (χ4n) is 5.60. The first kappa shape index (κ1) is 25.5. The molecule has 4 aromatic rings. The summed E-state index contributed by atoms with van der Waals surface area (Å²) < 4.78 is 12.7. The van der Waals surface area contributed by atoms with Crippen LogP contribution < -0.4 is 0 Å². The second-order valence-electron chi connectivity index (χ2n) is 10.1. The van der Waals surface area contributed by atoms with E-state index in [9.17, 15) is 9.59 Å². The fraction of sp³-hybridized carbons (Fsp3) is 0.235. The Kier molecular flexibility index (Phi) is 7.15. The molecule has 0 saturated heterocycles. The van der Waals surface area contributed by atoms with Crippen LogP contribution in [0, 0.1) is 20.8 Å². The molecule has 1 aliphatic rings. The summed E-state index contributed by atoms with van der Waals surface area (Å²) >= 11 is 0. The number of fused-ring (bicyclic) bond motifs is 1. The zero-order valence-electron chi connectivity index (χ0n) is 22.2. The van der Waals surface area contributed by atoms with Crippen LogP contribution in [-0.4, -0.2) is 24.1 Å². The van der Waals surface area contributed by atoms with Gasteiger partial charge in [-0.15, -0.1) is 0 Å². The maximum absolute atomic E-state index is 13.6. The highest BCUT2D eigenvalue weighted by Gasteiger charge is 2.47. The predicted molar refractivity (Wildman–Crippen MR) is 149 cm³/mol. The number of benzene rings is 4. The van der Waals surface area contributed by atoms with Gasteiger partial charge in [0.2, 0.25) is 0 Å². The number of aryl methyl sites for hydroxylation is 3. The van der Waals surface area contributed by atoms with Gasteiger partial charge >= 0.3 is 11.9 Å². The largest absolute Gasteiger partial charge is 0.454 e. The molecule has 0 spiro atoms. The summed E-state index contributed by atoms with van der Waals surface area (Å²) in [6, 6.07) is 31.1. The summed E-state index contributed by atoms with van der Waals surface area (Å²) in [4.78, 5) is 27.1. The highest BCUT2D eigenvalue weighted by molar-refractivity contribution is 5.92. The average Bonchev–Trinajstić information content (AvgIpc) is 2.92. The van der Waals surface area contributed by atoms with Crippen molar-refractivity contribution >= 4 is 11.9 Å². The van der Waals surface area contributed by atoms with E-state index in [-0.39, 0.29) is 11.8 Å². The Morgan fingerprint density at radius 3 is 1.47 bits per heavy atom. The first-order valence-corrected chi connectivity index (χ1v) is 13.0. The minimum absolute atomic E-state index is 0.186. The lowest BCUT2D eigenvalue weighted by molar-refractivity contribution is -0.0533. The van der Waals surface area contributed by atoms with Crippen LogP contribution in [0.2, 0.25) is 0 Å². The van der Waals surface area contributed by atoms with Crippen molar-refractivity contribution in [2.75, 3.05) is 0 Å². The van der Waals surface area contributed by atoms with E-state index in [1.54, 1.807) is 12.1 Å². The SMILES string of the molecule is Cc1ccccc1C(=O)OC1C(C)c2ccccc2C(c2ccccc2C)C1OC(=O)c1ccccc1C. The third-order valence-electron chi connectivity index (χ3n) is 7.71. The van der Waals surface area contributed by atoms with Gasteiger partial charge in [0.1, 0.15) is 6.10 Å². The van der Waals surface area contributed by atoms with Crippen molar-refractivity contribution in [1.82, 2.24) is 0 Å². The number of ether oxygens (including phenoxy) is 2. The number of carbonyl (C=O) groups is 2. The van der Waals surface area contributed by atoms with E-state index in [1.807, 2.05) is 81.4 Å². The number of hydrogen-bond acceptors (Lipinski definition) is 4. The third-order valence-corrected chi connectivity index (χ3v) is 7.71. The molecule has 0 radical (unpaired) electrons. The molecular formula is C34H32O4. The molecule has 0 fully saturated rings. The van der Waals surface area contributed by atoms with Gasteiger partial charge in [-0.25, -0.2) is 9.59 Å². The number of hydrogen-bond donors (Lipinski definition) is 0. The standard InChI is InChI=1S/C34H32O4/c1-21-13-5-8-16-25(21)30-29-20-12-11-19-28(29)24(4)31(37-33(35)26-17-9-6-14-22(26)2)32(30)38-34(36)27-18-10-7-15-23(27)3/h5-20,24,30-32H,1-4H3. The molecule has 0 amide bonds. The molecule has 0 aromatic heterocycles. The Bertz CT molecular complexity index is 1490. The summed E-state index contributed by atoms with van der Waals surface area (Å²) in [5.74, 6) is -1.32. The summed E-state index contributed by atoms with van der Waals surface area (Å²) in [7, 11) is 0. The summed E-state index contributed by atoms with van der Waals surface area (Å²) in [6.07, 6.45) is -1.41. The van der Waals surface area contributed by atoms with Gasteiger partial charge in [0.15, 0.2) is 6.10 Å². The average molecular weight is 505 g/mol. The van der Waals surface area contributed by atoms with Crippen molar-refractivity contribution in [3.63, 3.8) is 0 Å². The quantitative estimate of drug-likeness (QED) is 0.267. The van der Waals surface area contributed by atoms with Crippen LogP contribution in [0.5, 0.6) is 0 Å². The zero-order valence-corrected chi connectivity index (χ0v) is 22.2. The van der Waals surface area contributed by atoms with Crippen LogP contribution in [0.4, 0.5) is 0 Å². The van der Waals surface area contributed by atoms with E-state index in [1.165, 1.54) is 0 Å². The lowest BCUT2D eigenvalue weighted by Crippen LogP contribution is -2.47. The van der Waals surface area contributed by atoms with E-state index in [2.05, 4.69) is 31.2 Å². The molecule has 1 aliphatic carbocycles. The molecule has 4 atom stereocenters. The molecule has 4 aromatic carbocycles. The topological polar surface area (TPSA) is 52.6 Å². The number of rotatable bonds is 5. The molecule has 38 heavy (non-hydrogen) atoms. The minimum atomic E-state index is -0.721. The first-order valence-electron chi connectivity index (χ1n) is 13.0. The van der Waals surface area contributed by atoms with E-state index in [0.717, 1.165) is 33.4 Å². The van der Waals surface area contributed by atoms with Crippen LogP contribution in [0.3, 0.4) is 0 Å². The van der Waals surface area contributed by atoms with Crippen molar-refractivity contribution in [3.05, 3.63) is 142 Å². The Morgan fingerprint density at radius 1 is 0.526 bits per heavy atom. The maximum atomic E-state index is 13.6. The molecule has 4 nitrogen and oxygen atoms in total. The molecule has 0 bridgehead atoms. The van der Waals surface area contributed by atoms with E-state index in [4.69, 9.17) is 9.47 Å². The van der Waals surface area contributed by atoms with Crippen molar-refractivity contribution in [2.45, 2.75) is 51.7 Å². The Balaban J connectivity index is 1.64. The highest BCUT2D eigenvalue weighted by Crippen LogP contribution is 2.46. The summed E-state index contributed by atoms with van der Waals surface area (Å²) in [5.41, 5.74) is 7.00. The van der Waals surface area contributed by atoms with Gasteiger partial charge in [-0.05, 0) is 66.3 Å². The number of esters is 2. The van der Waals surface area contributed by atoms with E-state index < -0.39 is 24.1 Å². The molecular weight excluding hydrogens is 472 g/mol. The van der Waals surface area contributed by atoms with Gasteiger partial charge in [-0.3, -0.25) is 0 Å². The lowest BCUT2D eigenvalue weighted by atomic mass is 9.70. The summed E-state index contributed by atoms with van der Waals surface area (Å²) in [6.45, 7) is 7.88. The first-order chi connectivity index (χ1) is 18.4. The monoisotopic (exact) mass is 504 g/mol. The van der Waals surface area contributed by atoms with Crippen LogP contribution in [0.15, 0.2) is 97.1 Å². The summed E-state index contributed by atoms with van der Waals surface area (Å²) in [5, 5.41) is 0. The normalized spacial score (nSPS) is 20.3. The van der Waals surface area contributed by atoms with Gasteiger partial charge in [-0.1, -0.05) is 91.9 Å². The molecule has 0 heterocycles. The number of carbonyl (C=O) groups excluding carboxylic acids is 2. The zero-order chi connectivity index (χ0) is 26.8. The van der Waals surface area contributed by atoms with Gasteiger partial charge in [-0.2, -0.15) is 0 Å². The van der Waals surface area contributed by atoms with Gasteiger partial charge < -0.3 is 9.47 Å².